The number of nitrogens with one attached hydrogen (secondary N) is 1. The molecule has 2 aromatic rings. The highest BCUT2D eigenvalue weighted by atomic mass is 32.1. The molecule has 0 unspecified atom stereocenters. The van der Waals surface area contributed by atoms with Crippen LogP contribution in [0, 0.1) is 5.92 Å². The summed E-state index contributed by atoms with van der Waals surface area (Å²) >= 11 is 0.979. The number of amides is 3. The number of benzene rings is 1. The van der Waals surface area contributed by atoms with Crippen LogP contribution in [0.25, 0.3) is 0 Å². The highest BCUT2D eigenvalue weighted by Crippen LogP contribution is 2.23. The number of para-hydroxylation sites is 1. The van der Waals surface area contributed by atoms with Crippen LogP contribution in [0.15, 0.2) is 30.3 Å². The molecule has 4 rings (SSSR count). The highest BCUT2D eigenvalue weighted by molar-refractivity contribution is 7.15. The molecule has 1 N–H and O–H groups in total. The molecular weight excluding hydrogens is 402 g/mol. The largest absolute Gasteiger partial charge is 0.342 e. The lowest BCUT2D eigenvalue weighted by atomic mass is 9.95. The van der Waals surface area contributed by atoms with Crippen LogP contribution in [0.5, 0.6) is 0 Å². The van der Waals surface area contributed by atoms with Gasteiger partial charge in [-0.3, -0.25) is 14.4 Å². The summed E-state index contributed by atoms with van der Waals surface area (Å²) in [6, 6.07) is 9.06. The van der Waals surface area contributed by atoms with E-state index in [-0.39, 0.29) is 27.7 Å². The van der Waals surface area contributed by atoms with Crippen LogP contribution >= 0.6 is 11.3 Å². The Kier molecular flexibility index (Phi) is 6.37. The number of piperidine rings is 2. The predicted octanol–water partition coefficient (Wildman–Crippen LogP) is 2.66. The Labute approximate surface area is 179 Å². The molecule has 3 amide bonds. The van der Waals surface area contributed by atoms with E-state index in [1.54, 1.807) is 17.0 Å². The van der Waals surface area contributed by atoms with Crippen LogP contribution in [0.4, 0.5) is 5.69 Å². The minimum absolute atomic E-state index is 0.139. The summed E-state index contributed by atoms with van der Waals surface area (Å²) in [5, 5.41) is 10.9. The Hall–Kier alpha value is -2.81. The number of carbonyl (C=O) groups is 3. The molecule has 2 aliphatic rings. The Morgan fingerprint density at radius 3 is 2.37 bits per heavy atom. The van der Waals surface area contributed by atoms with Gasteiger partial charge in [0.15, 0.2) is 0 Å². The average molecular weight is 428 g/mol. The zero-order chi connectivity index (χ0) is 20.9. The summed E-state index contributed by atoms with van der Waals surface area (Å²) in [6.07, 6.45) is 4.88. The summed E-state index contributed by atoms with van der Waals surface area (Å²) in [7, 11) is 0. The maximum atomic E-state index is 12.9. The van der Waals surface area contributed by atoms with E-state index in [0.717, 1.165) is 50.1 Å². The van der Waals surface area contributed by atoms with Gasteiger partial charge in [-0.1, -0.05) is 29.5 Å². The Balaban J connectivity index is 1.38. The van der Waals surface area contributed by atoms with E-state index in [2.05, 4.69) is 15.5 Å². The molecule has 8 nitrogen and oxygen atoms in total. The second kappa shape index (κ2) is 9.34. The van der Waals surface area contributed by atoms with Crippen LogP contribution in [0.3, 0.4) is 0 Å². The lowest BCUT2D eigenvalue weighted by Gasteiger charge is -2.35. The molecule has 0 aliphatic carbocycles. The second-order valence-electron chi connectivity index (χ2n) is 7.71. The maximum Gasteiger partial charge on any atom is 0.286 e. The molecule has 30 heavy (non-hydrogen) atoms. The summed E-state index contributed by atoms with van der Waals surface area (Å²) in [4.78, 5) is 41.7. The monoisotopic (exact) mass is 427 g/mol. The third kappa shape index (κ3) is 4.67. The number of rotatable bonds is 4. The van der Waals surface area contributed by atoms with Crippen molar-refractivity contribution in [3.63, 3.8) is 0 Å². The number of hydrogen-bond donors (Lipinski definition) is 1. The maximum absolute atomic E-state index is 12.9. The summed E-state index contributed by atoms with van der Waals surface area (Å²) in [5.41, 5.74) is 0.653. The van der Waals surface area contributed by atoms with Gasteiger partial charge in [-0.05, 0) is 44.2 Å². The molecule has 0 bridgehead atoms. The van der Waals surface area contributed by atoms with Gasteiger partial charge in [0.05, 0.1) is 5.92 Å². The third-order valence-corrected chi connectivity index (χ3v) is 6.47. The molecule has 1 atom stereocenters. The Morgan fingerprint density at radius 1 is 0.900 bits per heavy atom. The van der Waals surface area contributed by atoms with Crippen molar-refractivity contribution in [2.45, 2.75) is 32.1 Å². The number of nitrogens with zero attached hydrogens (tertiary/aromatic N) is 4. The fourth-order valence-corrected chi connectivity index (χ4v) is 4.68. The summed E-state index contributed by atoms with van der Waals surface area (Å²) in [5.74, 6) is -0.654. The molecule has 0 radical (unpaired) electrons. The predicted molar refractivity (Wildman–Crippen MR) is 113 cm³/mol. The van der Waals surface area contributed by atoms with Gasteiger partial charge in [0.2, 0.25) is 15.9 Å². The van der Waals surface area contributed by atoms with Crippen LogP contribution in [0.1, 0.15) is 51.7 Å². The second-order valence-corrected chi connectivity index (χ2v) is 8.69. The number of hydrogen-bond acceptors (Lipinski definition) is 6. The SMILES string of the molecule is O=C(Nc1ccccc1)c1nnc(C(=O)N2CCC[C@@H](C(=O)N3CCCCC3)C2)s1. The van der Waals surface area contributed by atoms with E-state index in [1.807, 2.05) is 23.1 Å². The van der Waals surface area contributed by atoms with Gasteiger partial charge in [-0.25, -0.2) is 0 Å². The summed E-state index contributed by atoms with van der Waals surface area (Å²) < 4.78 is 0. The molecular formula is C21H25N5O3S. The van der Waals surface area contributed by atoms with E-state index >= 15 is 0 Å². The van der Waals surface area contributed by atoms with Crippen molar-refractivity contribution in [2.24, 2.45) is 5.92 Å². The van der Waals surface area contributed by atoms with Gasteiger partial charge in [-0.2, -0.15) is 0 Å². The first-order chi connectivity index (χ1) is 14.6. The zero-order valence-electron chi connectivity index (χ0n) is 16.7. The molecule has 2 fully saturated rings. The summed E-state index contributed by atoms with van der Waals surface area (Å²) in [6.45, 7) is 2.63. The standard InChI is InChI=1S/C21H25N5O3S/c27-17(22-16-9-3-1-4-10-16)18-23-24-19(30-18)21(29)26-13-7-8-15(14-26)20(28)25-11-5-2-6-12-25/h1,3-4,9-10,15H,2,5-8,11-14H2,(H,22,27)/t15-/m1/s1. The van der Waals surface area contributed by atoms with E-state index in [0.29, 0.717) is 18.8 Å². The van der Waals surface area contributed by atoms with Gasteiger partial charge < -0.3 is 15.1 Å². The van der Waals surface area contributed by atoms with Crippen molar-refractivity contribution < 1.29 is 14.4 Å². The van der Waals surface area contributed by atoms with Crippen molar-refractivity contribution in [1.82, 2.24) is 20.0 Å². The lowest BCUT2D eigenvalue weighted by molar-refractivity contribution is -0.137. The number of likely N-dealkylation sites (tertiary alicyclic amines) is 2. The van der Waals surface area contributed by atoms with Crippen LogP contribution in [-0.2, 0) is 4.79 Å². The van der Waals surface area contributed by atoms with Crippen molar-refractivity contribution in [1.29, 1.82) is 0 Å². The van der Waals surface area contributed by atoms with Gasteiger partial charge in [-0.15, -0.1) is 10.2 Å². The van der Waals surface area contributed by atoms with Crippen molar-refractivity contribution in [2.75, 3.05) is 31.5 Å². The lowest BCUT2D eigenvalue weighted by Crippen LogP contribution is -2.47. The van der Waals surface area contributed by atoms with Crippen molar-refractivity contribution >= 4 is 34.7 Å². The van der Waals surface area contributed by atoms with E-state index in [9.17, 15) is 14.4 Å². The molecule has 1 aromatic carbocycles. The number of carbonyl (C=O) groups excluding carboxylic acids is 3. The number of anilines is 1. The van der Waals surface area contributed by atoms with E-state index < -0.39 is 5.91 Å². The van der Waals surface area contributed by atoms with Crippen LogP contribution < -0.4 is 5.32 Å². The molecule has 0 spiro atoms. The molecule has 2 saturated heterocycles. The fourth-order valence-electron chi connectivity index (χ4n) is 3.98. The minimum Gasteiger partial charge on any atom is -0.342 e. The van der Waals surface area contributed by atoms with Gasteiger partial charge in [0.1, 0.15) is 0 Å². The quantitative estimate of drug-likeness (QED) is 0.809. The van der Waals surface area contributed by atoms with Gasteiger partial charge in [0.25, 0.3) is 11.8 Å². The van der Waals surface area contributed by atoms with Gasteiger partial charge >= 0.3 is 0 Å². The number of aromatic nitrogens is 2. The Bertz CT molecular complexity index is 910. The third-order valence-electron chi connectivity index (χ3n) is 5.56. The van der Waals surface area contributed by atoms with Crippen molar-refractivity contribution in [3.8, 4) is 0 Å². The van der Waals surface area contributed by atoms with Crippen LogP contribution in [0.2, 0.25) is 0 Å². The smallest absolute Gasteiger partial charge is 0.286 e. The fraction of sp³-hybridized carbons (Fsp3) is 0.476. The molecule has 3 heterocycles. The normalized spacial score (nSPS) is 19.4. The van der Waals surface area contributed by atoms with Crippen molar-refractivity contribution in [3.05, 3.63) is 40.3 Å². The first kappa shape index (κ1) is 20.5. The zero-order valence-corrected chi connectivity index (χ0v) is 17.6. The van der Waals surface area contributed by atoms with E-state index in [1.165, 1.54) is 6.42 Å². The van der Waals surface area contributed by atoms with E-state index in [4.69, 9.17) is 0 Å². The first-order valence-corrected chi connectivity index (χ1v) is 11.2. The molecule has 9 heteroatoms. The molecule has 0 saturated carbocycles. The molecule has 158 valence electrons. The molecule has 1 aromatic heterocycles. The Morgan fingerprint density at radius 2 is 1.60 bits per heavy atom. The molecule has 2 aliphatic heterocycles. The topological polar surface area (TPSA) is 95.5 Å². The van der Waals surface area contributed by atoms with Crippen LogP contribution in [-0.4, -0.2) is 63.9 Å². The highest BCUT2D eigenvalue weighted by Gasteiger charge is 2.33. The first-order valence-electron chi connectivity index (χ1n) is 10.4. The van der Waals surface area contributed by atoms with Gasteiger partial charge in [0, 0.05) is 31.9 Å². The average Bonchev–Trinajstić information content (AvgIpc) is 3.30. The minimum atomic E-state index is -0.394.